The van der Waals surface area contributed by atoms with Gasteiger partial charge in [-0.25, -0.2) is 9.59 Å². The van der Waals surface area contributed by atoms with Gasteiger partial charge in [0.05, 0.1) is 6.04 Å². The van der Waals surface area contributed by atoms with Gasteiger partial charge in [0.2, 0.25) is 11.8 Å². The molecule has 0 saturated heterocycles. The van der Waals surface area contributed by atoms with Crippen LogP contribution in [0.4, 0.5) is 15.3 Å². The second-order valence-corrected chi connectivity index (χ2v) is 11.9. The zero-order valence-electron chi connectivity index (χ0n) is 28.3. The number of hydrogen-bond acceptors (Lipinski definition) is 8. The Hall–Kier alpha value is -4.75. The van der Waals surface area contributed by atoms with E-state index in [9.17, 15) is 33.6 Å². The number of primary amides is 1. The maximum Gasteiger partial charge on any atom is 0.407 e. The van der Waals surface area contributed by atoms with Gasteiger partial charge in [0, 0.05) is 57.1 Å². The summed E-state index contributed by atoms with van der Waals surface area (Å²) in [5.41, 5.74) is 6.29. The molecule has 0 saturated carbocycles. The van der Waals surface area contributed by atoms with E-state index in [-0.39, 0.29) is 81.3 Å². The van der Waals surface area contributed by atoms with Crippen LogP contribution in [0.15, 0.2) is 36.4 Å². The minimum absolute atomic E-state index is 0.00455. The Labute approximate surface area is 277 Å². The van der Waals surface area contributed by atoms with Crippen molar-refractivity contribution in [3.63, 3.8) is 0 Å². The summed E-state index contributed by atoms with van der Waals surface area (Å²) in [5.74, 6) is -2.71. The second-order valence-electron chi connectivity index (χ2n) is 11.9. The molecular weight excluding hydrogens is 608 g/mol. The lowest BCUT2D eigenvalue weighted by Gasteiger charge is -2.24. The second kappa shape index (κ2) is 19.7. The maximum atomic E-state index is 13.5. The molecule has 14 nitrogen and oxygen atoms in total. The van der Waals surface area contributed by atoms with Crippen LogP contribution in [0.3, 0.4) is 0 Å². The Morgan fingerprint density at radius 3 is 2.23 bits per heavy atom. The number of alkyl carbamates (subject to hydrolysis) is 1. The number of ether oxygens (including phenoxy) is 1. The molecule has 7 amide bonds. The third kappa shape index (κ3) is 14.5. The zero-order valence-corrected chi connectivity index (χ0v) is 27.3. The van der Waals surface area contributed by atoms with Gasteiger partial charge in [-0.15, -0.1) is 0 Å². The van der Waals surface area contributed by atoms with Gasteiger partial charge in [-0.3, -0.25) is 28.9 Å². The van der Waals surface area contributed by atoms with Gasteiger partial charge in [0.25, 0.3) is 11.8 Å². The van der Waals surface area contributed by atoms with Crippen LogP contribution < -0.4 is 27.0 Å². The Bertz CT molecular complexity index is 1300. The number of amides is 7. The minimum atomic E-state index is -0.817. The van der Waals surface area contributed by atoms with Gasteiger partial charge >= 0.3 is 12.1 Å². The fourth-order valence-electron chi connectivity index (χ4n) is 4.82. The summed E-state index contributed by atoms with van der Waals surface area (Å²) in [6.07, 6.45) is 4.18. The largest absolute Gasteiger partial charge is 0.445 e. The molecule has 1 aliphatic rings. The van der Waals surface area contributed by atoms with Gasteiger partial charge < -0.3 is 31.7 Å². The number of carbonyl (C=O) groups is 7. The molecule has 1 heterocycles. The molecule has 0 unspecified atom stereocenters. The monoisotopic (exact) mass is 657 g/mol. The van der Waals surface area contributed by atoms with Crippen LogP contribution in [0, 0.1) is 11.8 Å². The van der Waals surface area contributed by atoms with Gasteiger partial charge in [-0.2, -0.15) is 0 Å². The number of nitrogens with two attached hydrogens (primary N) is 1. The van der Waals surface area contributed by atoms with Crippen LogP contribution in [0.5, 0.6) is 0 Å². The fraction of sp³-hybridized carbons (Fsp3) is 0.545. The molecule has 0 aliphatic carbocycles. The number of ketones is 1. The van der Waals surface area contributed by atoms with Crippen LogP contribution in [-0.4, -0.2) is 71.6 Å². The predicted octanol–water partition coefficient (Wildman–Crippen LogP) is 2.91. The van der Waals surface area contributed by atoms with Crippen LogP contribution in [0.1, 0.15) is 79.6 Å². The molecular formula is C33H48N6O8. The summed E-state index contributed by atoms with van der Waals surface area (Å²) in [6, 6.07) is 4.80. The van der Waals surface area contributed by atoms with Crippen LogP contribution in [0.25, 0.3) is 0 Å². The van der Waals surface area contributed by atoms with Crippen molar-refractivity contribution in [2.24, 2.45) is 17.6 Å². The van der Waals surface area contributed by atoms with Gasteiger partial charge in [0.15, 0.2) is 5.78 Å². The zero-order chi connectivity index (χ0) is 35.6. The van der Waals surface area contributed by atoms with E-state index in [2.05, 4.69) is 21.3 Å². The highest BCUT2D eigenvalue weighted by Gasteiger charge is 2.29. The molecule has 258 valence electrons. The first-order valence-electron chi connectivity index (χ1n) is 16.5. The lowest BCUT2D eigenvalue weighted by atomic mass is 9.89. The number of rotatable bonds is 20. The van der Waals surface area contributed by atoms with Crippen molar-refractivity contribution < 1.29 is 39.7 Å². The molecule has 1 aliphatic heterocycles. The number of unbranched alkanes of at least 4 members (excludes halogenated alkanes) is 2. The third-order valence-corrected chi connectivity index (χ3v) is 7.32. The Balaban J connectivity index is 1.94. The minimum Gasteiger partial charge on any atom is -0.445 e. The van der Waals surface area contributed by atoms with Crippen molar-refractivity contribution >= 4 is 47.2 Å². The summed E-state index contributed by atoms with van der Waals surface area (Å²) in [5, 5.41) is 10.6. The Morgan fingerprint density at radius 1 is 0.936 bits per heavy atom. The lowest BCUT2D eigenvalue weighted by Crippen LogP contribution is -2.45. The van der Waals surface area contributed by atoms with Crippen molar-refractivity contribution in [3.8, 4) is 0 Å². The van der Waals surface area contributed by atoms with E-state index in [1.807, 2.05) is 0 Å². The summed E-state index contributed by atoms with van der Waals surface area (Å²) < 4.78 is 12.4. The number of nitrogens with one attached hydrogen (secondary N) is 4. The van der Waals surface area contributed by atoms with Crippen molar-refractivity contribution in [3.05, 3.63) is 42.0 Å². The first kappa shape index (κ1) is 36.7. The van der Waals surface area contributed by atoms with E-state index in [1.165, 1.54) is 12.2 Å². The van der Waals surface area contributed by atoms with Crippen molar-refractivity contribution in [1.82, 2.24) is 20.9 Å². The number of hydrogen-bond donors (Lipinski definition) is 5. The third-order valence-electron chi connectivity index (χ3n) is 7.32. The molecule has 3 atom stereocenters. The molecule has 0 radical (unpaired) electrons. The van der Waals surface area contributed by atoms with Crippen LogP contribution >= 0.6 is 0 Å². The van der Waals surface area contributed by atoms with E-state index >= 15 is 0 Å². The average molecular weight is 658 g/mol. The van der Waals surface area contributed by atoms with Gasteiger partial charge in [-0.1, -0.05) is 32.4 Å². The topological polar surface area (TPSA) is 206 Å². The standard InChI is InChI=1S/C33H48N6O8/c1-21(2)30(38-27(41)10-6-5-7-18-39-28(42)15-16-29(39)43)26(40)19-24(9-8-17-35-32(34)45)31(44)37-25-13-11-23(12-14-25)20-47-33(46)36-22(3)4/h11-16,21-22,24,30H,5-10,17-20H2,1-4H3,(H,36,46)(H,37,44)(H,38,41)(H3,34,35,45)/t24-,30+/m1/s1/i3D/t22-,24+,30-/m0. The molecule has 0 fully saturated rings. The van der Waals surface area contributed by atoms with E-state index < -0.39 is 30.0 Å². The fourth-order valence-corrected chi connectivity index (χ4v) is 4.82. The molecule has 2 rings (SSSR count). The lowest BCUT2D eigenvalue weighted by molar-refractivity contribution is -0.137. The molecule has 14 heteroatoms. The smallest absolute Gasteiger partial charge is 0.407 e. The number of Topliss-reactive ketones (excluding diaryl/α,β-unsaturated/α-hetero) is 1. The van der Waals surface area contributed by atoms with Crippen LogP contribution in [-0.2, 0) is 35.3 Å². The Kier molecular flexibility index (Phi) is 15.4. The van der Waals surface area contributed by atoms with Crippen molar-refractivity contribution in [2.75, 3.05) is 18.4 Å². The summed E-state index contributed by atoms with van der Waals surface area (Å²) in [7, 11) is 0. The average Bonchev–Trinajstić information content (AvgIpc) is 3.36. The van der Waals surface area contributed by atoms with E-state index in [0.717, 1.165) is 4.90 Å². The van der Waals surface area contributed by atoms with Crippen molar-refractivity contribution in [1.29, 1.82) is 0 Å². The number of nitrogens with zero attached hydrogens (tertiary/aromatic N) is 1. The maximum absolute atomic E-state index is 13.5. The van der Waals surface area contributed by atoms with E-state index in [4.69, 9.17) is 11.8 Å². The molecule has 47 heavy (non-hydrogen) atoms. The summed E-state index contributed by atoms with van der Waals surface area (Å²) in [6.45, 7) is 5.82. The molecule has 1 aromatic carbocycles. The quantitative estimate of drug-likeness (QED) is 0.104. The number of benzene rings is 1. The summed E-state index contributed by atoms with van der Waals surface area (Å²) >= 11 is 0. The first-order chi connectivity index (χ1) is 22.8. The highest BCUT2D eigenvalue weighted by atomic mass is 16.5. The van der Waals surface area contributed by atoms with E-state index in [0.29, 0.717) is 36.9 Å². The predicted molar refractivity (Wildman–Crippen MR) is 175 cm³/mol. The number of imide groups is 1. The number of anilines is 1. The number of urea groups is 1. The highest BCUT2D eigenvalue weighted by molar-refractivity contribution is 6.12. The first-order valence-corrected chi connectivity index (χ1v) is 15.8. The van der Waals surface area contributed by atoms with E-state index in [1.54, 1.807) is 45.0 Å². The Morgan fingerprint density at radius 2 is 1.62 bits per heavy atom. The number of carbonyl (C=O) groups excluding carboxylic acids is 7. The normalized spacial score (nSPS) is 14.6. The molecule has 6 N–H and O–H groups in total. The molecule has 0 aromatic heterocycles. The van der Waals surface area contributed by atoms with Gasteiger partial charge in [-0.05, 0) is 63.1 Å². The molecule has 0 bridgehead atoms. The molecule has 1 aromatic rings. The highest BCUT2D eigenvalue weighted by Crippen LogP contribution is 2.20. The summed E-state index contributed by atoms with van der Waals surface area (Å²) in [4.78, 5) is 86.9. The SMILES string of the molecule is [2H]C[C@@H](C)NC(=O)OCc1ccc(NC(=O)[C@H](CCCNC(N)=O)CC(=O)[C@@H](NC(=O)CCCCCN2C(=O)C=CC2=O)C(C)C)cc1. The van der Waals surface area contributed by atoms with Gasteiger partial charge in [0.1, 0.15) is 6.61 Å². The van der Waals surface area contributed by atoms with Crippen molar-refractivity contribution in [2.45, 2.75) is 91.3 Å². The van der Waals surface area contributed by atoms with Crippen LogP contribution in [0.2, 0.25) is 0 Å². The molecule has 0 spiro atoms.